The van der Waals surface area contributed by atoms with E-state index in [0.717, 1.165) is 10.7 Å². The first kappa shape index (κ1) is 7.60. The van der Waals surface area contributed by atoms with Gasteiger partial charge in [-0.05, 0) is 12.1 Å². The van der Waals surface area contributed by atoms with Crippen LogP contribution >= 0.6 is 0 Å². The van der Waals surface area contributed by atoms with Gasteiger partial charge in [-0.25, -0.2) is 0 Å². The Labute approximate surface area is 73.7 Å². The number of nitrogens with zero attached hydrogens (tertiary/aromatic N) is 2. The smallest absolute Gasteiger partial charge is 0.257 e. The molecule has 0 atom stereocenters. The van der Waals surface area contributed by atoms with Crippen molar-refractivity contribution in [2.75, 3.05) is 0 Å². The third-order valence-corrected chi connectivity index (χ3v) is 1.73. The zero-order valence-corrected chi connectivity index (χ0v) is 6.62. The Morgan fingerprint density at radius 1 is 1.00 bits per heavy atom. The van der Waals surface area contributed by atoms with Gasteiger partial charge in [0.25, 0.3) is 5.88 Å². The predicted molar refractivity (Wildman–Crippen MR) is 44.7 cm³/mol. The van der Waals surface area contributed by atoms with Gasteiger partial charge in [0, 0.05) is 18.5 Å². The lowest BCUT2D eigenvalue weighted by molar-refractivity contribution is 0.341. The van der Waals surface area contributed by atoms with Crippen molar-refractivity contribution in [1.82, 2.24) is 9.35 Å². The van der Waals surface area contributed by atoms with Crippen LogP contribution in [0.15, 0.2) is 30.6 Å². The fraction of sp³-hybridized carbons (Fsp3) is 0. The first-order valence-corrected chi connectivity index (χ1v) is 3.66. The molecule has 13 heavy (non-hydrogen) atoms. The highest BCUT2D eigenvalue weighted by Gasteiger charge is 2.13. The van der Waals surface area contributed by atoms with Gasteiger partial charge >= 0.3 is 0 Å². The molecule has 2 aromatic rings. The number of rotatable bonds is 1. The average Bonchev–Trinajstić information content (AvgIpc) is 2.63. The molecule has 2 heterocycles. The summed E-state index contributed by atoms with van der Waals surface area (Å²) in [6.45, 7) is 0. The zero-order chi connectivity index (χ0) is 9.42. The standard InChI is InChI=1S/C8H8N2O3/c11-6-5-7(12)10(8(6)13)9-3-1-2-4-9/h1-5,11-13H. The largest absolute Gasteiger partial charge is 0.503 e. The van der Waals surface area contributed by atoms with Crippen LogP contribution < -0.4 is 0 Å². The van der Waals surface area contributed by atoms with Crippen LogP contribution in [-0.4, -0.2) is 24.7 Å². The molecule has 0 aromatic carbocycles. The highest BCUT2D eigenvalue weighted by atomic mass is 16.3. The van der Waals surface area contributed by atoms with E-state index in [4.69, 9.17) is 5.11 Å². The highest BCUT2D eigenvalue weighted by molar-refractivity contribution is 5.40. The lowest BCUT2D eigenvalue weighted by Crippen LogP contribution is -2.04. The molecule has 0 amide bonds. The van der Waals surface area contributed by atoms with Crippen LogP contribution in [0, 0.1) is 0 Å². The number of aromatic nitrogens is 2. The summed E-state index contributed by atoms with van der Waals surface area (Å²) >= 11 is 0. The molecule has 0 aliphatic carbocycles. The van der Waals surface area contributed by atoms with Crippen molar-refractivity contribution in [3.8, 4) is 17.5 Å². The summed E-state index contributed by atoms with van der Waals surface area (Å²) in [4.78, 5) is 0. The second-order valence-corrected chi connectivity index (χ2v) is 2.59. The molecule has 2 rings (SSSR count). The summed E-state index contributed by atoms with van der Waals surface area (Å²) in [7, 11) is 0. The van der Waals surface area contributed by atoms with E-state index in [2.05, 4.69) is 0 Å². The average molecular weight is 180 g/mol. The monoisotopic (exact) mass is 180 g/mol. The molecule has 2 aromatic heterocycles. The van der Waals surface area contributed by atoms with Gasteiger partial charge in [0.05, 0.1) is 0 Å². The van der Waals surface area contributed by atoms with Gasteiger partial charge in [0.2, 0.25) is 5.88 Å². The van der Waals surface area contributed by atoms with E-state index in [1.807, 2.05) is 0 Å². The summed E-state index contributed by atoms with van der Waals surface area (Å²) < 4.78 is 2.50. The van der Waals surface area contributed by atoms with Crippen molar-refractivity contribution in [1.29, 1.82) is 0 Å². The van der Waals surface area contributed by atoms with Gasteiger partial charge in [0.1, 0.15) is 0 Å². The van der Waals surface area contributed by atoms with E-state index in [0.29, 0.717) is 0 Å². The number of hydrogen-bond acceptors (Lipinski definition) is 3. The molecular weight excluding hydrogens is 172 g/mol. The van der Waals surface area contributed by atoms with Gasteiger partial charge in [-0.2, -0.15) is 4.68 Å². The minimum absolute atomic E-state index is 0.230. The van der Waals surface area contributed by atoms with Crippen LogP contribution in [0.1, 0.15) is 0 Å². The molecule has 5 heteroatoms. The molecule has 0 bridgehead atoms. The van der Waals surface area contributed by atoms with Crippen LogP contribution in [0.5, 0.6) is 17.5 Å². The molecule has 5 nitrogen and oxygen atoms in total. The first-order valence-electron chi connectivity index (χ1n) is 3.66. The summed E-state index contributed by atoms with van der Waals surface area (Å²) in [5.41, 5.74) is 0. The Bertz CT molecular complexity index is 417. The fourth-order valence-corrected chi connectivity index (χ4v) is 1.15. The van der Waals surface area contributed by atoms with Crippen LogP contribution in [0.3, 0.4) is 0 Å². The predicted octanol–water partition coefficient (Wildman–Crippen LogP) is 0.718. The molecule has 68 valence electrons. The normalized spacial score (nSPS) is 10.5. The zero-order valence-electron chi connectivity index (χ0n) is 6.62. The lowest BCUT2D eigenvalue weighted by atomic mass is 10.6. The molecule has 0 radical (unpaired) electrons. The molecule has 3 N–H and O–H groups in total. The van der Waals surface area contributed by atoms with Gasteiger partial charge in [-0.15, -0.1) is 0 Å². The van der Waals surface area contributed by atoms with Crippen LogP contribution in [0.4, 0.5) is 0 Å². The van der Waals surface area contributed by atoms with Crippen LogP contribution in [-0.2, 0) is 0 Å². The quantitative estimate of drug-likeness (QED) is 0.605. The molecule has 0 fully saturated rings. The van der Waals surface area contributed by atoms with E-state index in [1.54, 1.807) is 24.5 Å². The third-order valence-electron chi connectivity index (χ3n) is 1.73. The van der Waals surface area contributed by atoms with E-state index < -0.39 is 5.88 Å². The van der Waals surface area contributed by atoms with Crippen molar-refractivity contribution in [2.45, 2.75) is 0 Å². The Morgan fingerprint density at radius 3 is 2.08 bits per heavy atom. The maximum atomic E-state index is 9.32. The fourth-order valence-electron chi connectivity index (χ4n) is 1.15. The van der Waals surface area contributed by atoms with Crippen LogP contribution in [0.25, 0.3) is 0 Å². The van der Waals surface area contributed by atoms with Crippen molar-refractivity contribution >= 4 is 0 Å². The minimum Gasteiger partial charge on any atom is -0.503 e. The topological polar surface area (TPSA) is 70.5 Å². The Kier molecular flexibility index (Phi) is 1.45. The summed E-state index contributed by atoms with van der Waals surface area (Å²) in [5.74, 6) is -0.980. The molecule has 0 saturated carbocycles. The second kappa shape index (κ2) is 2.48. The summed E-state index contributed by atoms with van der Waals surface area (Å²) in [5, 5.41) is 27.7. The SMILES string of the molecule is Oc1cc(O)n(-n2cccc2)c1O. The Hall–Kier alpha value is -2.04. The van der Waals surface area contributed by atoms with Crippen LogP contribution in [0.2, 0.25) is 0 Å². The summed E-state index contributed by atoms with van der Waals surface area (Å²) in [6.07, 6.45) is 3.25. The van der Waals surface area contributed by atoms with E-state index in [1.165, 1.54) is 4.68 Å². The van der Waals surface area contributed by atoms with E-state index in [-0.39, 0.29) is 11.6 Å². The summed E-state index contributed by atoms with van der Waals surface area (Å²) in [6, 6.07) is 4.53. The van der Waals surface area contributed by atoms with Gasteiger partial charge in [-0.1, -0.05) is 0 Å². The van der Waals surface area contributed by atoms with Gasteiger partial charge in [-0.3, -0.25) is 4.68 Å². The first-order chi connectivity index (χ1) is 6.20. The van der Waals surface area contributed by atoms with Crippen molar-refractivity contribution in [3.05, 3.63) is 30.6 Å². The molecule has 0 aliphatic rings. The Balaban J connectivity index is 2.64. The highest BCUT2D eigenvalue weighted by Crippen LogP contribution is 2.32. The maximum absolute atomic E-state index is 9.32. The molecule has 0 saturated heterocycles. The van der Waals surface area contributed by atoms with E-state index in [9.17, 15) is 10.2 Å². The van der Waals surface area contributed by atoms with Gasteiger partial charge in [0.15, 0.2) is 5.75 Å². The van der Waals surface area contributed by atoms with Crippen molar-refractivity contribution in [2.24, 2.45) is 0 Å². The van der Waals surface area contributed by atoms with E-state index >= 15 is 0 Å². The maximum Gasteiger partial charge on any atom is 0.257 e. The third kappa shape index (κ3) is 1.01. The second-order valence-electron chi connectivity index (χ2n) is 2.59. The molecule has 0 unspecified atom stereocenters. The van der Waals surface area contributed by atoms with Crippen molar-refractivity contribution in [3.63, 3.8) is 0 Å². The van der Waals surface area contributed by atoms with Crippen molar-refractivity contribution < 1.29 is 15.3 Å². The molecular formula is C8H8N2O3. The number of hydrogen-bond donors (Lipinski definition) is 3. The minimum atomic E-state index is -0.395. The molecule has 0 spiro atoms. The lowest BCUT2D eigenvalue weighted by Gasteiger charge is -2.06. The Morgan fingerprint density at radius 2 is 1.62 bits per heavy atom. The van der Waals surface area contributed by atoms with Gasteiger partial charge < -0.3 is 15.3 Å². The molecule has 0 aliphatic heterocycles. The number of aromatic hydroxyl groups is 3.